The predicted molar refractivity (Wildman–Crippen MR) is 321 cm³/mol. The Hall–Kier alpha value is -9.91. The van der Waals surface area contributed by atoms with E-state index < -0.39 is 23.5 Å². The molecule has 0 amide bonds. The van der Waals surface area contributed by atoms with Crippen molar-refractivity contribution in [3.8, 4) is 84.2 Å². The van der Waals surface area contributed by atoms with Crippen LogP contribution in [0.2, 0.25) is 0 Å². The zero-order chi connectivity index (χ0) is 56.8. The van der Waals surface area contributed by atoms with Crippen LogP contribution in [0.1, 0.15) is 38.9 Å². The summed E-state index contributed by atoms with van der Waals surface area (Å²) in [6.07, 6.45) is -10.2. The summed E-state index contributed by atoms with van der Waals surface area (Å²) in [6, 6.07) is 73.2. The summed E-state index contributed by atoms with van der Waals surface area (Å²) in [4.78, 5) is 0. The van der Waals surface area contributed by atoms with Gasteiger partial charge in [0.1, 0.15) is 0 Å². The minimum absolute atomic E-state index is 0.0952. The van der Waals surface area contributed by atoms with Gasteiger partial charge in [-0.3, -0.25) is 0 Å². The first-order chi connectivity index (χ1) is 39.4. The molecule has 13 aromatic rings. The van der Waals surface area contributed by atoms with Crippen LogP contribution in [0.15, 0.2) is 224 Å². The third-order valence-corrected chi connectivity index (χ3v) is 15.9. The van der Waals surface area contributed by atoms with Gasteiger partial charge in [-0.05, 0) is 180 Å². The van der Waals surface area contributed by atoms with Crippen LogP contribution in [-0.4, -0.2) is 9.13 Å². The quantitative estimate of drug-likeness (QED) is 0.140. The molecule has 0 fully saturated rings. The third-order valence-electron chi connectivity index (χ3n) is 15.9. The second-order valence-corrected chi connectivity index (χ2v) is 21.4. The van der Waals surface area contributed by atoms with Gasteiger partial charge in [-0.1, -0.05) is 150 Å². The third kappa shape index (κ3) is 9.26. The number of aromatic nitrogens is 2. The van der Waals surface area contributed by atoms with Crippen molar-refractivity contribution in [2.45, 2.75) is 40.0 Å². The van der Waals surface area contributed by atoms with Gasteiger partial charge in [-0.25, -0.2) is 0 Å². The highest BCUT2D eigenvalue weighted by atomic mass is 19.4. The summed E-state index contributed by atoms with van der Waals surface area (Å²) >= 11 is 0. The van der Waals surface area contributed by atoms with Crippen molar-refractivity contribution in [1.29, 1.82) is 5.26 Å². The summed E-state index contributed by atoms with van der Waals surface area (Å²) in [5.74, 6) is 0. The molecule has 0 aliphatic rings. The first-order valence-corrected chi connectivity index (χ1v) is 26.9. The fourth-order valence-electron chi connectivity index (χ4n) is 11.5. The van der Waals surface area contributed by atoms with Crippen LogP contribution in [0, 0.1) is 39.0 Å². The topological polar surface area (TPSA) is 33.6 Å². The highest BCUT2D eigenvalue weighted by molar-refractivity contribution is 6.13. The first kappa shape index (κ1) is 51.5. The number of hydrogen-bond donors (Lipinski definition) is 0. The number of aryl methyl sites for hydroxylation is 4. The van der Waals surface area contributed by atoms with Gasteiger partial charge >= 0.3 is 12.4 Å². The van der Waals surface area contributed by atoms with Crippen molar-refractivity contribution in [2.24, 2.45) is 0 Å². The molecule has 11 aromatic carbocycles. The average Bonchev–Trinajstić information content (AvgIpc) is 4.17. The number of benzene rings is 11. The van der Waals surface area contributed by atoms with E-state index in [0.717, 1.165) is 123 Å². The van der Waals surface area contributed by atoms with Crippen LogP contribution in [-0.2, 0) is 12.4 Å². The van der Waals surface area contributed by atoms with Gasteiger partial charge in [0.2, 0.25) is 0 Å². The zero-order valence-electron chi connectivity index (χ0n) is 45.0. The largest absolute Gasteiger partial charge is 0.416 e. The lowest BCUT2D eigenvalue weighted by molar-refractivity contribution is -0.143. The van der Waals surface area contributed by atoms with Gasteiger partial charge < -0.3 is 9.13 Å². The van der Waals surface area contributed by atoms with Gasteiger partial charge in [-0.2, -0.15) is 31.6 Å². The van der Waals surface area contributed by atoms with Crippen molar-refractivity contribution in [2.75, 3.05) is 0 Å². The number of alkyl halides is 6. The molecule has 2 heterocycles. The molecule has 0 atom stereocenters. The number of nitrogens with zero attached hydrogens (tertiary/aromatic N) is 3. The van der Waals surface area contributed by atoms with Crippen LogP contribution in [0.3, 0.4) is 0 Å². The molecule has 13 rings (SSSR count). The van der Waals surface area contributed by atoms with Gasteiger partial charge in [0.05, 0.1) is 50.5 Å². The Morgan fingerprint density at radius 3 is 0.988 bits per heavy atom. The molecule has 2 aromatic heterocycles. The molecule has 0 bridgehead atoms. The minimum atomic E-state index is -5.08. The van der Waals surface area contributed by atoms with Gasteiger partial charge in [0.25, 0.3) is 0 Å². The van der Waals surface area contributed by atoms with Gasteiger partial charge in [-0.15, -0.1) is 0 Å². The highest BCUT2D eigenvalue weighted by Crippen LogP contribution is 2.46. The number of halogens is 6. The molecule has 0 saturated carbocycles. The molecule has 398 valence electrons. The number of fused-ring (bicyclic) bond motifs is 6. The van der Waals surface area contributed by atoms with E-state index >= 15 is 0 Å². The SMILES string of the molecule is Cc1ccc(-c2ccc3c(c2)c2cc(-c4ccc(C)cc4)ccc2n3-c2ccc(C#N)c(-c3cc(-c4cc(C(F)(F)F)cc(C(F)(F)F)c4)ccc3-n3c4ccc(-c5ccc(C)cc5)cc4c4cc(-c5ccc(C)cc5)ccc43)c2)cc1. The van der Waals surface area contributed by atoms with E-state index in [1.165, 1.54) is 0 Å². The van der Waals surface area contributed by atoms with Crippen molar-refractivity contribution >= 4 is 43.6 Å². The normalized spacial score (nSPS) is 12.0. The molecule has 0 unspecified atom stereocenters. The maximum absolute atomic E-state index is 14.6. The fourth-order valence-corrected chi connectivity index (χ4v) is 11.5. The monoisotopic (exact) mass is 1080 g/mol. The molecule has 0 spiro atoms. The van der Waals surface area contributed by atoms with E-state index in [1.807, 2.05) is 38.1 Å². The number of nitriles is 1. The maximum atomic E-state index is 14.6. The fraction of sp³-hybridized carbons (Fsp3) is 0.0822. The molecule has 0 radical (unpaired) electrons. The molecule has 9 heteroatoms. The highest BCUT2D eigenvalue weighted by Gasteiger charge is 2.37. The van der Waals surface area contributed by atoms with E-state index in [9.17, 15) is 31.6 Å². The van der Waals surface area contributed by atoms with Crippen molar-refractivity contribution < 1.29 is 26.3 Å². The van der Waals surface area contributed by atoms with E-state index in [4.69, 9.17) is 0 Å². The van der Waals surface area contributed by atoms with E-state index in [0.29, 0.717) is 22.5 Å². The summed E-state index contributed by atoms with van der Waals surface area (Å²) < 4.78 is 91.8. The second-order valence-electron chi connectivity index (χ2n) is 21.4. The summed E-state index contributed by atoms with van der Waals surface area (Å²) in [5, 5.41) is 15.0. The maximum Gasteiger partial charge on any atom is 0.416 e. The number of rotatable bonds is 8. The summed E-state index contributed by atoms with van der Waals surface area (Å²) in [5.41, 5.74) is 15.3. The predicted octanol–water partition coefficient (Wildman–Crippen LogP) is 21.0. The first-order valence-electron chi connectivity index (χ1n) is 26.9. The molecular formula is C73H49F6N3. The Kier molecular flexibility index (Phi) is 12.4. The van der Waals surface area contributed by atoms with Crippen molar-refractivity contribution in [1.82, 2.24) is 9.13 Å². The molecule has 0 aliphatic heterocycles. The van der Waals surface area contributed by atoms with Crippen molar-refractivity contribution in [3.05, 3.63) is 263 Å². The molecule has 0 saturated heterocycles. The van der Waals surface area contributed by atoms with E-state index in [1.54, 1.807) is 24.3 Å². The van der Waals surface area contributed by atoms with Gasteiger partial charge in [0.15, 0.2) is 0 Å². The molecule has 3 nitrogen and oxygen atoms in total. The Morgan fingerprint density at radius 1 is 0.305 bits per heavy atom. The van der Waals surface area contributed by atoms with Gasteiger partial charge in [0, 0.05) is 38.4 Å². The van der Waals surface area contributed by atoms with Crippen LogP contribution in [0.25, 0.3) is 122 Å². The standard InChI is InChI=1S/C73H49F6N3/c1-43-5-13-47(14-6-43)51-22-28-67-63(35-51)64-36-52(48-15-7-44(2)8-16-48)23-29-68(64)81(67)60-27-21-56(42-80)61(41-60)62-39-55(57-33-58(72(74,75)76)40-59(34-57)73(77,78)79)26-32-69(62)82-70-30-24-53(49-17-9-45(3)10-18-49)37-65(70)66-38-54(25-31-71(66)82)50-19-11-46(4)12-20-50/h5-41H,1-4H3. The lowest BCUT2D eigenvalue weighted by Gasteiger charge is -2.19. The minimum Gasteiger partial charge on any atom is -0.309 e. The van der Waals surface area contributed by atoms with Crippen LogP contribution in [0.5, 0.6) is 0 Å². The smallest absolute Gasteiger partial charge is 0.309 e. The van der Waals surface area contributed by atoms with Crippen LogP contribution in [0.4, 0.5) is 26.3 Å². The van der Waals surface area contributed by atoms with Crippen LogP contribution < -0.4 is 0 Å². The summed E-state index contributed by atoms with van der Waals surface area (Å²) in [6.45, 7) is 8.19. The summed E-state index contributed by atoms with van der Waals surface area (Å²) in [7, 11) is 0. The van der Waals surface area contributed by atoms with E-state index in [-0.39, 0.29) is 22.8 Å². The molecule has 0 N–H and O–H groups in total. The Morgan fingerprint density at radius 2 is 0.634 bits per heavy atom. The zero-order valence-corrected chi connectivity index (χ0v) is 45.0. The van der Waals surface area contributed by atoms with Crippen molar-refractivity contribution in [3.63, 3.8) is 0 Å². The molecule has 82 heavy (non-hydrogen) atoms. The van der Waals surface area contributed by atoms with Crippen LogP contribution >= 0.6 is 0 Å². The van der Waals surface area contributed by atoms with E-state index in [2.05, 4.69) is 187 Å². The Bertz CT molecular complexity index is 4490. The second kappa shape index (κ2) is 19.7. The Labute approximate surface area is 469 Å². The average molecular weight is 1080 g/mol. The Balaban J connectivity index is 1.09. The lowest BCUT2D eigenvalue weighted by Crippen LogP contribution is -2.11. The molecular weight excluding hydrogens is 1030 g/mol. The molecule has 0 aliphatic carbocycles. The number of hydrogen-bond acceptors (Lipinski definition) is 1. The lowest BCUT2D eigenvalue weighted by atomic mass is 9.92.